The number of aryl methyl sites for hydroxylation is 1. The Kier molecular flexibility index (Phi) is 2.90. The molecule has 0 bridgehead atoms. The summed E-state index contributed by atoms with van der Waals surface area (Å²) in [6.07, 6.45) is 1.32. The minimum atomic E-state index is -1.68. The molecule has 2 aromatic rings. The Morgan fingerprint density at radius 3 is 2.90 bits per heavy atom. The number of benzene rings is 1. The van der Waals surface area contributed by atoms with E-state index in [1.165, 1.54) is 19.3 Å². The molecule has 0 radical (unpaired) electrons. The monoisotopic (exact) mass is 287 g/mol. The van der Waals surface area contributed by atoms with Gasteiger partial charge < -0.3 is 19.9 Å². The number of nitrogens with zero attached hydrogens (tertiary/aromatic N) is 1. The first kappa shape index (κ1) is 13.2. The van der Waals surface area contributed by atoms with Gasteiger partial charge in [-0.1, -0.05) is 11.2 Å². The van der Waals surface area contributed by atoms with E-state index < -0.39 is 17.4 Å². The predicted molar refractivity (Wildman–Crippen MR) is 74.0 cm³/mol. The molecule has 3 rings (SSSR count). The number of amides is 2. The van der Waals surface area contributed by atoms with Gasteiger partial charge >= 0.3 is 0 Å². The summed E-state index contributed by atoms with van der Waals surface area (Å²) in [5, 5.41) is 8.73. The molecule has 7 nitrogen and oxygen atoms in total. The highest BCUT2D eigenvalue weighted by Crippen LogP contribution is 2.34. The highest BCUT2D eigenvalue weighted by atomic mass is 16.5. The molecule has 21 heavy (non-hydrogen) atoms. The maximum atomic E-state index is 12.3. The van der Waals surface area contributed by atoms with Crippen molar-refractivity contribution in [2.24, 2.45) is 0 Å². The Morgan fingerprint density at radius 1 is 1.38 bits per heavy atom. The van der Waals surface area contributed by atoms with E-state index in [2.05, 4.69) is 20.3 Å². The van der Waals surface area contributed by atoms with Crippen molar-refractivity contribution < 1.29 is 18.8 Å². The van der Waals surface area contributed by atoms with E-state index in [9.17, 15) is 9.59 Å². The molecule has 0 fully saturated rings. The van der Waals surface area contributed by atoms with Gasteiger partial charge in [0.15, 0.2) is 5.82 Å². The topological polar surface area (TPSA) is 93.5 Å². The lowest BCUT2D eigenvalue weighted by Crippen LogP contribution is -2.56. The zero-order valence-electron chi connectivity index (χ0n) is 11.5. The van der Waals surface area contributed by atoms with Crippen LogP contribution in [0.25, 0.3) is 0 Å². The zero-order valence-corrected chi connectivity index (χ0v) is 11.5. The third-order valence-electron chi connectivity index (χ3n) is 3.24. The van der Waals surface area contributed by atoms with Gasteiger partial charge in [0.25, 0.3) is 17.4 Å². The Balaban J connectivity index is 1.89. The molecule has 2 heterocycles. The molecule has 0 spiro atoms. The number of nitrogens with one attached hydrogen (secondary N) is 2. The molecule has 108 valence electrons. The summed E-state index contributed by atoms with van der Waals surface area (Å²) in [5.41, 5.74) is -0.152. The Morgan fingerprint density at radius 2 is 2.19 bits per heavy atom. The lowest BCUT2D eigenvalue weighted by Gasteiger charge is -2.33. The van der Waals surface area contributed by atoms with Crippen LogP contribution in [0.1, 0.15) is 12.5 Å². The number of aromatic nitrogens is 1. The van der Waals surface area contributed by atoms with Crippen molar-refractivity contribution in [1.82, 2.24) is 5.16 Å². The first-order chi connectivity index (χ1) is 9.99. The van der Waals surface area contributed by atoms with Gasteiger partial charge in [0.05, 0.1) is 5.69 Å². The number of anilines is 2. The number of rotatable bonds is 2. The Hall–Kier alpha value is -2.83. The molecule has 2 N–H and O–H groups in total. The van der Waals surface area contributed by atoms with Crippen LogP contribution in [-0.2, 0) is 9.59 Å². The van der Waals surface area contributed by atoms with Crippen molar-refractivity contribution in [1.29, 1.82) is 0 Å². The Bertz CT molecular complexity index is 711. The van der Waals surface area contributed by atoms with Crippen molar-refractivity contribution in [3.63, 3.8) is 0 Å². The van der Waals surface area contributed by atoms with Gasteiger partial charge in [-0.15, -0.1) is 0 Å². The molecule has 1 aromatic heterocycles. The average molecular weight is 287 g/mol. The average Bonchev–Trinajstić information content (AvgIpc) is 2.93. The van der Waals surface area contributed by atoms with Crippen molar-refractivity contribution in [3.05, 3.63) is 36.1 Å². The van der Waals surface area contributed by atoms with E-state index in [1.54, 1.807) is 12.1 Å². The number of fused-ring (bicyclic) bond motifs is 1. The van der Waals surface area contributed by atoms with Gasteiger partial charge in [-0.2, -0.15) is 0 Å². The molecular weight excluding hydrogens is 274 g/mol. The fourth-order valence-corrected chi connectivity index (χ4v) is 2.00. The fourth-order valence-electron chi connectivity index (χ4n) is 2.00. The molecule has 7 heteroatoms. The largest absolute Gasteiger partial charge is 0.466 e. The van der Waals surface area contributed by atoms with Crippen LogP contribution < -0.4 is 15.4 Å². The van der Waals surface area contributed by atoms with Crippen LogP contribution in [0.2, 0.25) is 0 Å². The first-order valence-corrected chi connectivity index (χ1v) is 6.32. The number of hydrogen-bond donors (Lipinski definition) is 2. The summed E-state index contributed by atoms with van der Waals surface area (Å²) in [7, 11) is 0. The molecule has 1 atom stereocenters. The molecule has 0 saturated heterocycles. The van der Waals surface area contributed by atoms with Gasteiger partial charge in [-0.05, 0) is 31.5 Å². The van der Waals surface area contributed by atoms with E-state index in [-0.39, 0.29) is 5.82 Å². The maximum absolute atomic E-state index is 12.3. The van der Waals surface area contributed by atoms with E-state index in [1.807, 2.05) is 13.0 Å². The van der Waals surface area contributed by atoms with Crippen molar-refractivity contribution in [2.75, 3.05) is 10.6 Å². The van der Waals surface area contributed by atoms with Gasteiger partial charge in [-0.3, -0.25) is 9.59 Å². The lowest BCUT2D eigenvalue weighted by atomic mass is 10.0. The van der Waals surface area contributed by atoms with E-state index >= 15 is 0 Å². The van der Waals surface area contributed by atoms with Crippen molar-refractivity contribution in [3.8, 4) is 5.75 Å². The van der Waals surface area contributed by atoms with Crippen molar-refractivity contribution in [2.45, 2.75) is 19.4 Å². The number of carbonyl (C=O) groups is 2. The molecule has 1 aromatic carbocycles. The van der Waals surface area contributed by atoms with Crippen LogP contribution in [0.4, 0.5) is 11.5 Å². The first-order valence-electron chi connectivity index (χ1n) is 6.32. The normalized spacial score (nSPS) is 20.2. The van der Waals surface area contributed by atoms with E-state index in [4.69, 9.17) is 4.74 Å². The molecule has 2 amide bonds. The quantitative estimate of drug-likeness (QED) is 0.820. The minimum Gasteiger partial charge on any atom is -0.466 e. The van der Waals surface area contributed by atoms with Gasteiger partial charge in [0, 0.05) is 6.07 Å². The molecular formula is C14H13N3O4. The standard InChI is InChI=1S/C14H13N3O4/c1-8-3-4-10-9(7-8)15-12(18)14(2,21-10)13(19)16-11-5-6-20-17-11/h3-7H,1-2H3,(H,15,18)(H,16,17,19)/t14-/m1/s1. The second-order valence-corrected chi connectivity index (χ2v) is 4.93. The van der Waals surface area contributed by atoms with Crippen LogP contribution in [-0.4, -0.2) is 22.6 Å². The summed E-state index contributed by atoms with van der Waals surface area (Å²) in [5.74, 6) is -0.507. The van der Waals surface area contributed by atoms with Crippen LogP contribution >= 0.6 is 0 Å². The molecule has 1 aliphatic rings. The van der Waals surface area contributed by atoms with E-state index in [0.717, 1.165) is 5.56 Å². The predicted octanol–water partition coefficient (Wildman–Crippen LogP) is 1.71. The smallest absolute Gasteiger partial charge is 0.279 e. The van der Waals surface area contributed by atoms with Crippen LogP contribution in [0.3, 0.4) is 0 Å². The second kappa shape index (κ2) is 4.62. The van der Waals surface area contributed by atoms with Gasteiger partial charge in [-0.25, -0.2) is 0 Å². The van der Waals surface area contributed by atoms with Gasteiger partial charge in [0.1, 0.15) is 12.0 Å². The summed E-state index contributed by atoms with van der Waals surface area (Å²) in [4.78, 5) is 24.5. The van der Waals surface area contributed by atoms with Crippen LogP contribution in [0, 0.1) is 6.92 Å². The maximum Gasteiger partial charge on any atom is 0.279 e. The zero-order chi connectivity index (χ0) is 15.0. The van der Waals surface area contributed by atoms with Crippen LogP contribution in [0.15, 0.2) is 35.1 Å². The minimum absolute atomic E-state index is 0.215. The number of ether oxygens (including phenoxy) is 1. The summed E-state index contributed by atoms with van der Waals surface area (Å²) in [6.45, 7) is 3.30. The van der Waals surface area contributed by atoms with Crippen molar-refractivity contribution >= 4 is 23.3 Å². The highest BCUT2D eigenvalue weighted by Gasteiger charge is 2.47. The Labute approximate surface area is 120 Å². The summed E-state index contributed by atoms with van der Waals surface area (Å²) >= 11 is 0. The highest BCUT2D eigenvalue weighted by molar-refractivity contribution is 6.18. The second-order valence-electron chi connectivity index (χ2n) is 4.93. The molecule has 1 aliphatic heterocycles. The molecule has 0 unspecified atom stereocenters. The summed E-state index contributed by atoms with van der Waals surface area (Å²) in [6, 6.07) is 6.81. The third-order valence-corrected chi connectivity index (χ3v) is 3.24. The molecule has 0 saturated carbocycles. The number of hydrogen-bond acceptors (Lipinski definition) is 5. The molecule has 0 aliphatic carbocycles. The van der Waals surface area contributed by atoms with Gasteiger partial charge in [0.2, 0.25) is 0 Å². The SMILES string of the molecule is Cc1ccc2c(c1)NC(=O)[C@](C)(C(=O)Nc1ccon1)O2. The third kappa shape index (κ3) is 2.22. The number of carbonyl (C=O) groups excluding carboxylic acids is 2. The lowest BCUT2D eigenvalue weighted by molar-refractivity contribution is -0.143. The van der Waals surface area contributed by atoms with E-state index in [0.29, 0.717) is 11.4 Å². The fraction of sp³-hybridized carbons (Fsp3) is 0.214. The summed E-state index contributed by atoms with van der Waals surface area (Å²) < 4.78 is 10.2. The van der Waals surface area contributed by atoms with Crippen LogP contribution in [0.5, 0.6) is 5.75 Å².